The number of ether oxygens (including phenoxy) is 6. The smallest absolute Gasteiger partial charge is 0.306 e. The molecule has 250 valence electrons. The van der Waals surface area contributed by atoms with E-state index < -0.39 is 92.5 Å². The summed E-state index contributed by atoms with van der Waals surface area (Å²) in [5.74, 6) is -3.73. The van der Waals surface area contributed by atoms with Crippen LogP contribution in [-0.2, 0) is 42.8 Å². The average Bonchev–Trinajstić information content (AvgIpc) is 3.19. The second-order valence-electron chi connectivity index (χ2n) is 11.8. The van der Waals surface area contributed by atoms with Crippen LogP contribution in [-0.4, -0.2) is 118 Å². The van der Waals surface area contributed by atoms with Gasteiger partial charge in [0.1, 0.15) is 43.7 Å². The number of rotatable bonds is 17. The Hall–Kier alpha value is -1.91. The maximum atomic E-state index is 12.9. The number of aliphatic hydroxyl groups is 5. The number of esters is 3. The standard InChI is InChI=1S/C29H50O14/c1-6-17(4)10-8-12-22(34)41-26-25(40-21(33)11-7-9-16(2)3)23(35)19(13-30)39-28(26)43-29(15-31)27(37)24(36)20(42-29)14-38-18(5)32/h16-17,19-20,23-28,30-31,35-37H,6-15H2,1-5H3/t17-,19+,20+,23+,24+,25-,26+,27-,28+,29-/m0/s1. The van der Waals surface area contributed by atoms with Crippen LogP contribution in [0.2, 0.25) is 0 Å². The normalized spacial score (nSPS) is 33.3. The van der Waals surface area contributed by atoms with Crippen molar-refractivity contribution in [3.63, 3.8) is 0 Å². The zero-order valence-electron chi connectivity index (χ0n) is 25.8. The lowest BCUT2D eigenvalue weighted by atomic mass is 9.97. The van der Waals surface area contributed by atoms with Crippen LogP contribution >= 0.6 is 0 Å². The third kappa shape index (κ3) is 10.6. The Balaban J connectivity index is 2.35. The van der Waals surface area contributed by atoms with Crippen LogP contribution in [0.25, 0.3) is 0 Å². The summed E-state index contributed by atoms with van der Waals surface area (Å²) in [6.07, 6.45) is -9.40. The summed E-state index contributed by atoms with van der Waals surface area (Å²) in [5, 5.41) is 52.5. The highest BCUT2D eigenvalue weighted by Crippen LogP contribution is 2.37. The van der Waals surface area contributed by atoms with Gasteiger partial charge in [-0.1, -0.05) is 47.0 Å². The van der Waals surface area contributed by atoms with Crippen LogP contribution in [0.5, 0.6) is 0 Å². The van der Waals surface area contributed by atoms with Crippen molar-refractivity contribution < 1.29 is 68.3 Å². The molecule has 14 nitrogen and oxygen atoms in total. The van der Waals surface area contributed by atoms with E-state index in [-0.39, 0.29) is 12.8 Å². The molecule has 2 rings (SSSR count). The largest absolute Gasteiger partial charge is 0.463 e. The van der Waals surface area contributed by atoms with Crippen LogP contribution < -0.4 is 0 Å². The minimum atomic E-state index is -2.37. The molecule has 2 fully saturated rings. The number of hydrogen-bond donors (Lipinski definition) is 5. The second-order valence-corrected chi connectivity index (χ2v) is 11.8. The van der Waals surface area contributed by atoms with Crippen molar-refractivity contribution in [1.82, 2.24) is 0 Å². The second kappa shape index (κ2) is 17.5. The van der Waals surface area contributed by atoms with E-state index in [1.54, 1.807) is 0 Å². The molecule has 43 heavy (non-hydrogen) atoms. The summed E-state index contributed by atoms with van der Waals surface area (Å²) in [7, 11) is 0. The van der Waals surface area contributed by atoms with Gasteiger partial charge in [-0.3, -0.25) is 14.4 Å². The van der Waals surface area contributed by atoms with Crippen LogP contribution in [0, 0.1) is 11.8 Å². The van der Waals surface area contributed by atoms with E-state index in [2.05, 4.69) is 6.92 Å². The summed E-state index contributed by atoms with van der Waals surface area (Å²) in [4.78, 5) is 37.0. The molecular weight excluding hydrogens is 572 g/mol. The number of carbonyl (C=O) groups excluding carboxylic acids is 3. The monoisotopic (exact) mass is 622 g/mol. The van der Waals surface area contributed by atoms with E-state index in [9.17, 15) is 39.9 Å². The Kier molecular flexibility index (Phi) is 15.2. The summed E-state index contributed by atoms with van der Waals surface area (Å²) in [5.41, 5.74) is 0. The molecule has 0 amide bonds. The van der Waals surface area contributed by atoms with Crippen molar-refractivity contribution in [2.75, 3.05) is 19.8 Å². The van der Waals surface area contributed by atoms with E-state index in [1.807, 2.05) is 20.8 Å². The van der Waals surface area contributed by atoms with Gasteiger partial charge in [0.25, 0.3) is 0 Å². The first-order valence-corrected chi connectivity index (χ1v) is 15.1. The molecule has 5 N–H and O–H groups in total. The fraction of sp³-hybridized carbons (Fsp3) is 0.897. The van der Waals surface area contributed by atoms with Crippen LogP contribution in [0.4, 0.5) is 0 Å². The predicted molar refractivity (Wildman–Crippen MR) is 148 cm³/mol. The van der Waals surface area contributed by atoms with Gasteiger partial charge in [-0.05, 0) is 24.7 Å². The maximum absolute atomic E-state index is 12.9. The Morgan fingerprint density at radius 1 is 0.884 bits per heavy atom. The summed E-state index contributed by atoms with van der Waals surface area (Å²) in [6.45, 7) is 6.95. The molecule has 0 saturated carbocycles. The minimum absolute atomic E-state index is 0.00439. The quantitative estimate of drug-likeness (QED) is 0.109. The fourth-order valence-corrected chi connectivity index (χ4v) is 4.92. The topological polar surface area (TPSA) is 208 Å². The van der Waals surface area contributed by atoms with Gasteiger partial charge in [0, 0.05) is 19.8 Å². The Morgan fingerprint density at radius 2 is 1.49 bits per heavy atom. The molecule has 0 bridgehead atoms. The zero-order valence-corrected chi connectivity index (χ0v) is 25.8. The third-order valence-corrected chi connectivity index (χ3v) is 7.76. The first-order chi connectivity index (χ1) is 20.3. The van der Waals surface area contributed by atoms with Crippen molar-refractivity contribution in [2.45, 2.75) is 134 Å². The van der Waals surface area contributed by atoms with E-state index >= 15 is 0 Å². The summed E-state index contributed by atoms with van der Waals surface area (Å²) < 4.78 is 33.3. The first kappa shape index (κ1) is 37.3. The zero-order chi connectivity index (χ0) is 32.3. The van der Waals surface area contributed by atoms with E-state index in [1.165, 1.54) is 0 Å². The SMILES string of the molecule is CC[C@H](C)CCCC(=O)O[C@H]1[C@@H](O[C@]2(CO)O[C@H](COC(C)=O)[C@@H](O)[C@@H]2O)O[C@H](CO)[C@@H](O)[C@@H]1OC(=O)CCCC(C)C. The van der Waals surface area contributed by atoms with Crippen LogP contribution in [0.3, 0.4) is 0 Å². The molecular formula is C29H50O14. The molecule has 0 radical (unpaired) electrons. The number of aliphatic hydroxyl groups excluding tert-OH is 5. The van der Waals surface area contributed by atoms with Crippen LogP contribution in [0.1, 0.15) is 79.6 Å². The van der Waals surface area contributed by atoms with Crippen LogP contribution in [0.15, 0.2) is 0 Å². The average molecular weight is 623 g/mol. The van der Waals surface area contributed by atoms with Crippen molar-refractivity contribution in [3.05, 3.63) is 0 Å². The van der Waals surface area contributed by atoms with E-state index in [0.29, 0.717) is 24.7 Å². The highest BCUT2D eigenvalue weighted by molar-refractivity contribution is 5.70. The van der Waals surface area contributed by atoms with Crippen molar-refractivity contribution >= 4 is 17.9 Å². The van der Waals surface area contributed by atoms with Crippen molar-refractivity contribution in [2.24, 2.45) is 11.8 Å². The third-order valence-electron chi connectivity index (χ3n) is 7.76. The Morgan fingerprint density at radius 3 is 2.02 bits per heavy atom. The van der Waals surface area contributed by atoms with Gasteiger partial charge in [-0.2, -0.15) is 0 Å². The molecule has 0 unspecified atom stereocenters. The van der Waals surface area contributed by atoms with Gasteiger partial charge < -0.3 is 54.0 Å². The predicted octanol–water partition coefficient (Wildman–Crippen LogP) is 0.320. The molecule has 2 aliphatic rings. The summed E-state index contributed by atoms with van der Waals surface area (Å²) >= 11 is 0. The molecule has 0 aliphatic carbocycles. The van der Waals surface area contributed by atoms with Gasteiger partial charge in [0.2, 0.25) is 12.1 Å². The molecule has 14 heteroatoms. The molecule has 0 spiro atoms. The Bertz CT molecular complexity index is 883. The molecule has 10 atom stereocenters. The van der Waals surface area contributed by atoms with E-state index in [0.717, 1.165) is 26.2 Å². The number of hydrogen-bond acceptors (Lipinski definition) is 14. The van der Waals surface area contributed by atoms with Gasteiger partial charge in [0.05, 0.1) is 6.61 Å². The van der Waals surface area contributed by atoms with Gasteiger partial charge in [-0.25, -0.2) is 0 Å². The molecule has 2 saturated heterocycles. The highest BCUT2D eigenvalue weighted by Gasteiger charge is 2.60. The van der Waals surface area contributed by atoms with Gasteiger partial charge in [-0.15, -0.1) is 0 Å². The molecule has 0 aromatic carbocycles. The lowest BCUT2D eigenvalue weighted by Gasteiger charge is -2.45. The van der Waals surface area contributed by atoms with Gasteiger partial charge in [0.15, 0.2) is 12.2 Å². The van der Waals surface area contributed by atoms with E-state index in [4.69, 9.17) is 28.4 Å². The maximum Gasteiger partial charge on any atom is 0.306 e. The Labute approximate surface area is 252 Å². The molecule has 0 aromatic rings. The lowest BCUT2D eigenvalue weighted by Crippen LogP contribution is -2.64. The molecule has 2 aliphatic heterocycles. The molecule has 2 heterocycles. The van der Waals surface area contributed by atoms with Gasteiger partial charge >= 0.3 is 17.9 Å². The fourth-order valence-electron chi connectivity index (χ4n) is 4.92. The number of carbonyl (C=O) groups is 3. The lowest BCUT2D eigenvalue weighted by molar-refractivity contribution is -0.384. The first-order valence-electron chi connectivity index (χ1n) is 15.1. The van der Waals surface area contributed by atoms with Crippen molar-refractivity contribution in [1.29, 1.82) is 0 Å². The highest BCUT2D eigenvalue weighted by atomic mass is 16.8. The van der Waals surface area contributed by atoms with Crippen molar-refractivity contribution in [3.8, 4) is 0 Å². The molecule has 0 aromatic heterocycles. The minimum Gasteiger partial charge on any atom is -0.463 e. The summed E-state index contributed by atoms with van der Waals surface area (Å²) in [6, 6.07) is 0.